The third-order valence-corrected chi connectivity index (χ3v) is 22.8. The molecule has 81 heavy (non-hydrogen) atoms. The van der Waals surface area contributed by atoms with Gasteiger partial charge in [0.15, 0.2) is 0 Å². The van der Waals surface area contributed by atoms with Gasteiger partial charge in [0.2, 0.25) is 0 Å². The fourth-order valence-corrected chi connectivity index (χ4v) is 19.0. The summed E-state index contributed by atoms with van der Waals surface area (Å²) < 4.78 is 14.9. The van der Waals surface area contributed by atoms with E-state index < -0.39 is 0 Å². The van der Waals surface area contributed by atoms with Gasteiger partial charge in [-0.25, -0.2) is 0 Å². The van der Waals surface area contributed by atoms with Gasteiger partial charge in [0, 0.05) is 64.3 Å². The van der Waals surface area contributed by atoms with Crippen LogP contribution in [0.3, 0.4) is 0 Å². The molecule has 9 aliphatic rings. The monoisotopic (exact) mass is 1110 g/mol. The van der Waals surface area contributed by atoms with Crippen LogP contribution in [0.1, 0.15) is 131 Å². The third kappa shape index (κ3) is 7.46. The van der Waals surface area contributed by atoms with E-state index in [0.29, 0.717) is 17.8 Å². The number of fused-ring (bicyclic) bond motifs is 12. The van der Waals surface area contributed by atoms with E-state index in [1.54, 1.807) is 0 Å². The van der Waals surface area contributed by atoms with E-state index >= 15 is 0 Å². The summed E-state index contributed by atoms with van der Waals surface area (Å²) in [6, 6.07) is 55.4. The van der Waals surface area contributed by atoms with Crippen LogP contribution >= 0.6 is 35.8 Å². The Morgan fingerprint density at radius 1 is 0.370 bits per heavy atom. The number of hydrogen-bond acceptors (Lipinski definition) is 9. The molecule has 6 aliphatic heterocycles. The van der Waals surface area contributed by atoms with Crippen molar-refractivity contribution < 1.29 is 4.74 Å². The number of hydrogen-bond donors (Lipinski definition) is 1. The number of para-hydroxylation sites is 3. The Balaban J connectivity index is 0.911. The molecule has 0 bridgehead atoms. The van der Waals surface area contributed by atoms with Gasteiger partial charge in [0.1, 0.15) is 11.5 Å². The molecule has 0 atom stereocenters. The van der Waals surface area contributed by atoms with E-state index in [4.69, 9.17) is 4.74 Å². The van der Waals surface area contributed by atoms with Crippen LogP contribution in [0, 0.1) is 0 Å². The first kappa shape index (κ1) is 49.4. The van der Waals surface area contributed by atoms with Crippen molar-refractivity contribution in [3.63, 3.8) is 0 Å². The molecule has 17 rings (SSSR count). The number of nitrogens with one attached hydrogen (secondary N) is 1. The summed E-state index contributed by atoms with van der Waals surface area (Å²) in [7, 11) is 0. The molecule has 400 valence electrons. The predicted octanol–water partition coefficient (Wildman–Crippen LogP) is 13.5. The van der Waals surface area contributed by atoms with Crippen molar-refractivity contribution in [1.82, 2.24) is 0 Å². The molecule has 0 spiro atoms. The molecule has 8 aromatic rings. The molecule has 0 aromatic heterocycles. The van der Waals surface area contributed by atoms with Crippen LogP contribution < -0.4 is 77.0 Å². The van der Waals surface area contributed by atoms with Crippen molar-refractivity contribution in [2.75, 3.05) is 41.9 Å². The topological polar surface area (TPSA) is 34.2 Å². The minimum Gasteiger partial charge on any atom is -0.458 e. The lowest BCUT2D eigenvalue weighted by atomic mass is 9.29. The molecule has 0 radical (unpaired) electrons. The molecule has 3 saturated carbocycles. The molecule has 3 fully saturated rings. The molecular formula is C69H66B3N5OS3. The lowest BCUT2D eigenvalue weighted by molar-refractivity contribution is 0.440. The highest BCUT2D eigenvalue weighted by Gasteiger charge is 2.50. The van der Waals surface area contributed by atoms with Crippen molar-refractivity contribution in [2.45, 2.75) is 114 Å². The summed E-state index contributed by atoms with van der Waals surface area (Å²) >= 11 is 5.59. The molecule has 6 nitrogen and oxygen atoms in total. The predicted molar refractivity (Wildman–Crippen MR) is 355 cm³/mol. The van der Waals surface area contributed by atoms with Gasteiger partial charge >= 0.3 is 0 Å². The van der Waals surface area contributed by atoms with Gasteiger partial charge < -0.3 is 15.0 Å². The number of anilines is 11. The maximum Gasteiger partial charge on any atom is 0.256 e. The molecule has 0 unspecified atom stereocenters. The van der Waals surface area contributed by atoms with Crippen LogP contribution in [0.4, 0.5) is 62.6 Å². The van der Waals surface area contributed by atoms with Crippen molar-refractivity contribution in [3.8, 4) is 11.5 Å². The van der Waals surface area contributed by atoms with Gasteiger partial charge in [-0.05, 0) is 231 Å². The van der Waals surface area contributed by atoms with Gasteiger partial charge in [-0.2, -0.15) is 0 Å². The van der Waals surface area contributed by atoms with Crippen LogP contribution in [0.25, 0.3) is 0 Å². The number of rotatable bonds is 7. The molecule has 0 saturated heterocycles. The highest BCUT2D eigenvalue weighted by molar-refractivity contribution is 8.01. The van der Waals surface area contributed by atoms with E-state index in [0.717, 1.165) is 11.5 Å². The molecule has 8 aromatic carbocycles. The second-order valence-electron chi connectivity index (χ2n) is 24.6. The van der Waals surface area contributed by atoms with E-state index in [9.17, 15) is 0 Å². The summed E-state index contributed by atoms with van der Waals surface area (Å²) in [4.78, 5) is 2.58. The summed E-state index contributed by atoms with van der Waals surface area (Å²) in [6.07, 6.45) is 26.3. The van der Waals surface area contributed by atoms with Gasteiger partial charge in [-0.15, -0.1) is 0 Å². The number of ether oxygens (including phenoxy) is 1. The third-order valence-electron chi connectivity index (χ3n) is 20.5. The van der Waals surface area contributed by atoms with Gasteiger partial charge in [0.25, 0.3) is 20.1 Å². The fourth-order valence-electron chi connectivity index (χ4n) is 16.9. The van der Waals surface area contributed by atoms with E-state index in [1.807, 2.05) is 35.8 Å². The highest BCUT2D eigenvalue weighted by Crippen LogP contribution is 2.50. The van der Waals surface area contributed by atoms with Crippen molar-refractivity contribution >= 4 is 168 Å². The Hall–Kier alpha value is -6.20. The van der Waals surface area contributed by atoms with Crippen LogP contribution in [-0.2, 0) is 0 Å². The van der Waals surface area contributed by atoms with Crippen molar-refractivity contribution in [1.29, 1.82) is 0 Å². The SMILES string of the molecule is CSN1c2cc3c(cc2B2c4ccccc4Oc4cc(C5CCCCC5)cc1c42)B1c2cc4c(cc2N(SC)c2cc(C5CCCCC5)cc(c21)N3SC)Nc1cc(C2CCCCC2)cc2c1B4c1ccccc1N2c1ccccc1. The number of nitrogens with zero attached hydrogens (tertiary/aromatic N) is 4. The standard InChI is InChI=1S/C69H66B3N5OS3/c1-79-75-58-40-55-51(70-49-28-16-18-30-57(49)74(48-26-14-7-15-27-48)61-33-45(32-56(73-55)67(61)70)42-20-8-4-9-21-42)38-52(58)72-54-39-53-59(41-60(54)76(80-2)63-35-46(34-62(75)68(63)72)43-22-10-5-11-23-43)77(81-3)64-36-47(44-24-12-6-13-25-44)37-66-69(64)71(53)50-29-17-19-31-65(50)78-66/h7,14-19,26-44,73H,4-6,8-13,20-25H2,1-3H3. The lowest BCUT2D eigenvalue weighted by Crippen LogP contribution is -2.66. The van der Waals surface area contributed by atoms with Crippen molar-refractivity contribution in [3.05, 3.63) is 156 Å². The maximum absolute atomic E-state index is 7.10. The minimum atomic E-state index is -0.00985. The summed E-state index contributed by atoms with van der Waals surface area (Å²) in [5, 5.41) is 4.26. The largest absolute Gasteiger partial charge is 0.458 e. The summed E-state index contributed by atoms with van der Waals surface area (Å²) in [5.41, 5.74) is 30.9. The van der Waals surface area contributed by atoms with E-state index in [-0.39, 0.29) is 20.1 Å². The van der Waals surface area contributed by atoms with Gasteiger partial charge in [0.05, 0.1) is 17.1 Å². The zero-order valence-electron chi connectivity index (χ0n) is 46.8. The van der Waals surface area contributed by atoms with E-state index in [1.165, 1.54) is 225 Å². The zero-order valence-corrected chi connectivity index (χ0v) is 49.2. The fraction of sp³-hybridized carbons (Fsp3) is 0.304. The Morgan fingerprint density at radius 3 is 1.47 bits per heavy atom. The quantitative estimate of drug-likeness (QED) is 0.124. The molecule has 12 heteroatoms. The molecule has 1 N–H and O–H groups in total. The summed E-state index contributed by atoms with van der Waals surface area (Å²) in [5.74, 6) is 3.69. The Morgan fingerprint density at radius 2 is 0.852 bits per heavy atom. The first-order valence-corrected chi connectivity index (χ1v) is 34.0. The smallest absolute Gasteiger partial charge is 0.256 e. The Labute approximate surface area is 492 Å². The van der Waals surface area contributed by atoms with Crippen LogP contribution in [-0.4, -0.2) is 38.9 Å². The van der Waals surface area contributed by atoms with Gasteiger partial charge in [-0.1, -0.05) is 125 Å². The Bertz CT molecular complexity index is 3900. The van der Waals surface area contributed by atoms with Gasteiger partial charge in [-0.3, -0.25) is 12.9 Å². The first-order valence-electron chi connectivity index (χ1n) is 30.4. The van der Waals surface area contributed by atoms with Crippen LogP contribution in [0.2, 0.25) is 0 Å². The average Bonchev–Trinajstić information content (AvgIpc) is 3.60. The molecule has 0 amide bonds. The van der Waals surface area contributed by atoms with E-state index in [2.05, 4.69) is 181 Å². The van der Waals surface area contributed by atoms with Crippen molar-refractivity contribution in [2.24, 2.45) is 0 Å². The molecule has 3 aliphatic carbocycles. The summed E-state index contributed by atoms with van der Waals surface area (Å²) in [6.45, 7) is 0.0610. The highest BCUT2D eigenvalue weighted by atomic mass is 32.2. The second-order valence-corrected chi connectivity index (χ2v) is 26.8. The molecular weight excluding hydrogens is 1040 g/mol. The zero-order chi connectivity index (χ0) is 53.6. The first-order chi connectivity index (χ1) is 40.0. The molecule has 6 heterocycles. The lowest BCUT2D eigenvalue weighted by Gasteiger charge is -2.46. The number of benzene rings is 8. The van der Waals surface area contributed by atoms with Crippen LogP contribution in [0.5, 0.6) is 11.5 Å². The minimum absolute atomic E-state index is 0.00985. The maximum atomic E-state index is 7.10. The average molecular weight is 1110 g/mol. The Kier molecular flexibility index (Phi) is 11.9. The van der Waals surface area contributed by atoms with Crippen LogP contribution in [0.15, 0.2) is 140 Å². The second kappa shape index (κ2) is 19.5. The normalized spacial score (nSPS) is 18.3.